The lowest BCUT2D eigenvalue weighted by Gasteiger charge is -2.22. The van der Waals surface area contributed by atoms with Gasteiger partial charge in [-0.2, -0.15) is 0 Å². The van der Waals surface area contributed by atoms with Crippen molar-refractivity contribution in [2.24, 2.45) is 5.41 Å². The van der Waals surface area contributed by atoms with Crippen molar-refractivity contribution in [3.8, 4) is 0 Å². The van der Waals surface area contributed by atoms with Gasteiger partial charge in [0.1, 0.15) is 16.5 Å². The van der Waals surface area contributed by atoms with Gasteiger partial charge in [-0.15, -0.1) is 0 Å². The second-order valence-electron chi connectivity index (χ2n) is 5.94. The molecule has 0 aromatic carbocycles. The number of pyridine rings is 1. The van der Waals surface area contributed by atoms with Crippen LogP contribution in [0.15, 0.2) is 16.7 Å². The van der Waals surface area contributed by atoms with Crippen molar-refractivity contribution in [3.05, 3.63) is 22.3 Å². The molecule has 5 nitrogen and oxygen atoms in total. The van der Waals surface area contributed by atoms with Crippen LogP contribution in [0.5, 0.6) is 0 Å². The van der Waals surface area contributed by atoms with Crippen molar-refractivity contribution in [3.63, 3.8) is 0 Å². The summed E-state index contributed by atoms with van der Waals surface area (Å²) in [6, 6.07) is 3.57. The van der Waals surface area contributed by atoms with Crippen LogP contribution in [-0.4, -0.2) is 34.3 Å². The Hall–Kier alpha value is -1.43. The van der Waals surface area contributed by atoms with Crippen LogP contribution >= 0.6 is 15.9 Å². The second-order valence-corrected chi connectivity index (χ2v) is 6.75. The largest absolute Gasteiger partial charge is 0.330 e. The number of amides is 2. The monoisotopic (exact) mass is 337 g/mol. The van der Waals surface area contributed by atoms with Crippen LogP contribution in [-0.2, 0) is 9.59 Å². The first kappa shape index (κ1) is 13.5. The summed E-state index contributed by atoms with van der Waals surface area (Å²) in [5, 5.41) is 2.84. The van der Waals surface area contributed by atoms with Gasteiger partial charge in [0.15, 0.2) is 0 Å². The van der Waals surface area contributed by atoms with Gasteiger partial charge in [0.25, 0.3) is 0 Å². The molecule has 1 aromatic heterocycles. The fourth-order valence-electron chi connectivity index (χ4n) is 3.04. The average molecular weight is 338 g/mol. The molecular formula is C14H16BrN3O2. The Bertz CT molecular complexity index is 592. The predicted molar refractivity (Wildman–Crippen MR) is 78.1 cm³/mol. The summed E-state index contributed by atoms with van der Waals surface area (Å²) >= 11 is 3.29. The molecule has 2 fully saturated rings. The van der Waals surface area contributed by atoms with Gasteiger partial charge in [0, 0.05) is 6.04 Å². The van der Waals surface area contributed by atoms with E-state index in [9.17, 15) is 9.59 Å². The fourth-order valence-corrected chi connectivity index (χ4v) is 3.35. The van der Waals surface area contributed by atoms with Gasteiger partial charge in [0.05, 0.1) is 0 Å². The minimum absolute atomic E-state index is 0.128. The van der Waals surface area contributed by atoms with E-state index >= 15 is 0 Å². The first-order valence-corrected chi connectivity index (χ1v) is 7.41. The SMILES string of the molecule is Cc1ccc(Br)nc1NC(=O)[C@@H]1C[C@@]2(C)C[C@H]2N1C=O. The molecule has 0 bridgehead atoms. The van der Waals surface area contributed by atoms with E-state index in [-0.39, 0.29) is 23.4 Å². The molecule has 3 rings (SSSR count). The molecule has 1 aliphatic carbocycles. The lowest BCUT2D eigenvalue weighted by molar-refractivity contribution is -0.128. The van der Waals surface area contributed by atoms with Crippen LogP contribution in [0.2, 0.25) is 0 Å². The highest BCUT2D eigenvalue weighted by molar-refractivity contribution is 9.10. The number of likely N-dealkylation sites (tertiary alicyclic amines) is 1. The maximum Gasteiger partial charge on any atom is 0.248 e. The Morgan fingerprint density at radius 3 is 3.00 bits per heavy atom. The summed E-state index contributed by atoms with van der Waals surface area (Å²) in [6.45, 7) is 4.02. The lowest BCUT2D eigenvalue weighted by atomic mass is 10.0. The molecule has 2 aliphatic rings. The molecule has 1 aromatic rings. The van der Waals surface area contributed by atoms with E-state index in [2.05, 4.69) is 33.2 Å². The number of nitrogens with zero attached hydrogens (tertiary/aromatic N) is 2. The van der Waals surface area contributed by atoms with Crippen LogP contribution < -0.4 is 5.32 Å². The Kier molecular flexibility index (Phi) is 3.08. The molecule has 3 atom stereocenters. The Balaban J connectivity index is 1.77. The number of hydrogen-bond donors (Lipinski definition) is 1. The molecule has 1 aliphatic heterocycles. The first-order valence-electron chi connectivity index (χ1n) is 6.61. The van der Waals surface area contributed by atoms with Gasteiger partial charge in [-0.05, 0) is 52.7 Å². The zero-order valence-electron chi connectivity index (χ0n) is 11.4. The number of piperidine rings is 1. The molecular weight excluding hydrogens is 322 g/mol. The van der Waals surface area contributed by atoms with E-state index in [1.54, 1.807) is 4.90 Å². The summed E-state index contributed by atoms with van der Waals surface area (Å²) in [5.41, 5.74) is 1.02. The van der Waals surface area contributed by atoms with E-state index in [1.807, 2.05) is 19.1 Å². The summed E-state index contributed by atoms with van der Waals surface area (Å²) in [4.78, 5) is 29.5. The smallest absolute Gasteiger partial charge is 0.248 e. The third-order valence-electron chi connectivity index (χ3n) is 4.41. The maximum atomic E-state index is 12.4. The topological polar surface area (TPSA) is 62.3 Å². The van der Waals surface area contributed by atoms with Crippen molar-refractivity contribution < 1.29 is 9.59 Å². The summed E-state index contributed by atoms with van der Waals surface area (Å²) in [6.07, 6.45) is 2.54. The van der Waals surface area contributed by atoms with Gasteiger partial charge in [-0.25, -0.2) is 4.98 Å². The quantitative estimate of drug-likeness (QED) is 0.678. The molecule has 1 saturated heterocycles. The minimum atomic E-state index is -0.378. The number of rotatable bonds is 3. The number of aromatic nitrogens is 1. The maximum absolute atomic E-state index is 12.4. The van der Waals surface area contributed by atoms with Crippen molar-refractivity contribution in [2.75, 3.05) is 5.32 Å². The number of anilines is 1. The van der Waals surface area contributed by atoms with Crippen molar-refractivity contribution in [2.45, 2.75) is 38.8 Å². The van der Waals surface area contributed by atoms with Gasteiger partial charge in [0.2, 0.25) is 12.3 Å². The highest BCUT2D eigenvalue weighted by Crippen LogP contribution is 2.58. The summed E-state index contributed by atoms with van der Waals surface area (Å²) in [5.74, 6) is 0.389. The molecule has 2 heterocycles. The Labute approximate surface area is 125 Å². The predicted octanol–water partition coefficient (Wildman–Crippen LogP) is 2.10. The van der Waals surface area contributed by atoms with Gasteiger partial charge in [-0.1, -0.05) is 13.0 Å². The number of nitrogens with one attached hydrogen (secondary N) is 1. The number of halogens is 1. The standard InChI is InChI=1S/C14H16BrN3O2/c1-8-3-4-11(15)16-12(8)17-13(20)9-5-14(2)6-10(14)18(9)7-19/h3-4,7,9-10H,5-6H2,1-2H3,(H,16,17,20)/t9-,10+,14-/m0/s1. The highest BCUT2D eigenvalue weighted by Gasteiger charge is 2.62. The van der Waals surface area contributed by atoms with Gasteiger partial charge < -0.3 is 10.2 Å². The minimum Gasteiger partial charge on any atom is -0.330 e. The second kappa shape index (κ2) is 4.55. The molecule has 1 saturated carbocycles. The van der Waals surface area contributed by atoms with Crippen LogP contribution in [0, 0.1) is 12.3 Å². The van der Waals surface area contributed by atoms with E-state index in [0.717, 1.165) is 24.8 Å². The molecule has 1 N–H and O–H groups in total. The summed E-state index contributed by atoms with van der Waals surface area (Å²) < 4.78 is 0.673. The first-order chi connectivity index (χ1) is 9.44. The molecule has 0 unspecified atom stereocenters. The Morgan fingerprint density at radius 1 is 1.55 bits per heavy atom. The van der Waals surface area contributed by atoms with Crippen LogP contribution in [0.1, 0.15) is 25.3 Å². The lowest BCUT2D eigenvalue weighted by Crippen LogP contribution is -2.41. The average Bonchev–Trinajstić information content (AvgIpc) is 2.97. The van der Waals surface area contributed by atoms with E-state index < -0.39 is 0 Å². The zero-order valence-corrected chi connectivity index (χ0v) is 13.0. The third-order valence-corrected chi connectivity index (χ3v) is 4.85. The van der Waals surface area contributed by atoms with E-state index in [4.69, 9.17) is 0 Å². The van der Waals surface area contributed by atoms with Crippen molar-refractivity contribution in [1.82, 2.24) is 9.88 Å². The fraction of sp³-hybridized carbons (Fsp3) is 0.500. The van der Waals surface area contributed by atoms with Crippen LogP contribution in [0.4, 0.5) is 5.82 Å². The molecule has 106 valence electrons. The molecule has 0 radical (unpaired) electrons. The number of hydrogen-bond acceptors (Lipinski definition) is 3. The van der Waals surface area contributed by atoms with Crippen molar-refractivity contribution in [1.29, 1.82) is 0 Å². The Morgan fingerprint density at radius 2 is 2.30 bits per heavy atom. The highest BCUT2D eigenvalue weighted by atomic mass is 79.9. The van der Waals surface area contributed by atoms with Crippen molar-refractivity contribution >= 4 is 34.1 Å². The number of fused-ring (bicyclic) bond motifs is 1. The molecule has 2 amide bonds. The van der Waals surface area contributed by atoms with Crippen LogP contribution in [0.25, 0.3) is 0 Å². The van der Waals surface area contributed by atoms with Gasteiger partial charge >= 0.3 is 0 Å². The van der Waals surface area contributed by atoms with Gasteiger partial charge in [-0.3, -0.25) is 9.59 Å². The molecule has 0 spiro atoms. The van der Waals surface area contributed by atoms with Crippen LogP contribution in [0.3, 0.4) is 0 Å². The number of aryl methyl sites for hydroxylation is 1. The zero-order chi connectivity index (χ0) is 14.5. The molecule has 6 heteroatoms. The number of carbonyl (C=O) groups is 2. The summed E-state index contributed by atoms with van der Waals surface area (Å²) in [7, 11) is 0. The number of carbonyl (C=O) groups excluding carboxylic acids is 2. The third kappa shape index (κ3) is 2.12. The van der Waals surface area contributed by atoms with E-state index in [0.29, 0.717) is 10.4 Å². The molecule has 20 heavy (non-hydrogen) atoms. The normalized spacial score (nSPS) is 30.9. The van der Waals surface area contributed by atoms with E-state index in [1.165, 1.54) is 0 Å².